The first-order chi connectivity index (χ1) is 17.4. The molecule has 0 aromatic heterocycles. The second-order valence-corrected chi connectivity index (χ2v) is 9.99. The van der Waals surface area contributed by atoms with Crippen LogP contribution in [0.3, 0.4) is 0 Å². The van der Waals surface area contributed by atoms with E-state index in [-0.39, 0.29) is 18.6 Å². The Morgan fingerprint density at radius 2 is 1.62 bits per heavy atom. The molecule has 0 aliphatic carbocycles. The number of hydrogen-bond donors (Lipinski definition) is 3. The van der Waals surface area contributed by atoms with Gasteiger partial charge in [0, 0.05) is 24.7 Å². The molecule has 1 aromatic rings. The molecule has 1 aromatic carbocycles. The van der Waals surface area contributed by atoms with Gasteiger partial charge in [0.25, 0.3) is 5.91 Å². The number of ether oxygens (including phenoxy) is 2. The molecule has 0 saturated carbocycles. The summed E-state index contributed by atoms with van der Waals surface area (Å²) in [5.74, 6) is 3.12. The lowest BCUT2D eigenvalue weighted by Gasteiger charge is -2.43. The highest BCUT2D eigenvalue weighted by Gasteiger charge is 2.58. The topological polar surface area (TPSA) is 166 Å². The van der Waals surface area contributed by atoms with Crippen LogP contribution in [-0.4, -0.2) is 74.1 Å². The van der Waals surface area contributed by atoms with Gasteiger partial charge < -0.3 is 24.6 Å². The molecule has 3 N–H and O–H groups in total. The molecule has 0 spiro atoms. The molecule has 11 nitrogen and oxygen atoms in total. The van der Waals surface area contributed by atoms with Crippen LogP contribution in [0.25, 0.3) is 0 Å². The van der Waals surface area contributed by atoms with Gasteiger partial charge >= 0.3 is 13.8 Å². The van der Waals surface area contributed by atoms with E-state index in [0.717, 1.165) is 7.11 Å². The number of esters is 1. The Kier molecular flexibility index (Phi) is 17.7. The minimum Gasteiger partial charge on any atom is -0.467 e. The zero-order chi connectivity index (χ0) is 29.3. The Morgan fingerprint density at radius 3 is 2.03 bits per heavy atom. The number of nitrogens with one attached hydrogen (secondary N) is 1. The third-order valence-electron chi connectivity index (χ3n) is 4.44. The van der Waals surface area contributed by atoms with Crippen molar-refractivity contribution in [1.29, 1.82) is 0 Å². The van der Waals surface area contributed by atoms with Crippen LogP contribution in [0.4, 0.5) is 0 Å². The van der Waals surface area contributed by atoms with Gasteiger partial charge in [-0.1, -0.05) is 39.5 Å². The number of rotatable bonds is 8. The smallest absolute Gasteiger partial charge is 0.467 e. The second-order valence-electron chi connectivity index (χ2n) is 6.68. The highest BCUT2D eigenvalue weighted by atomic mass is 32.2. The molecule has 13 heteroatoms. The van der Waals surface area contributed by atoms with Crippen LogP contribution in [-0.2, 0) is 33.2 Å². The fourth-order valence-corrected chi connectivity index (χ4v) is 5.23. The number of phosphoric acid groups is 1. The fraction of sp³-hybridized carbons (Fsp3) is 0.500. The first-order valence-electron chi connectivity index (χ1n) is 11.3. The first-order valence-corrected chi connectivity index (χ1v) is 14.7. The van der Waals surface area contributed by atoms with E-state index in [1.165, 1.54) is 19.2 Å². The summed E-state index contributed by atoms with van der Waals surface area (Å²) in [7, 11) is -5.51. The molecule has 0 radical (unpaired) electrons. The minimum absolute atomic E-state index is 0.0934. The van der Waals surface area contributed by atoms with E-state index >= 15 is 0 Å². The van der Waals surface area contributed by atoms with Crippen molar-refractivity contribution in [3.63, 3.8) is 0 Å². The lowest BCUT2D eigenvalue weighted by atomic mass is 9.96. The molecule has 1 atom stereocenters. The van der Waals surface area contributed by atoms with Crippen LogP contribution in [0.5, 0.6) is 0 Å². The summed E-state index contributed by atoms with van der Waals surface area (Å²) in [5.41, 5.74) is -0.671. The normalized spacial score (nSPS) is 15.0. The minimum atomic E-state index is -4.52. The summed E-state index contributed by atoms with van der Waals surface area (Å²) in [6.45, 7) is 13.8. The van der Waals surface area contributed by atoms with Gasteiger partial charge in [0.2, 0.25) is 0 Å². The Labute approximate surface area is 219 Å². The number of hydrogen-bond acceptors (Lipinski definition) is 8. The number of carbonyl (C=O) groups is 2. The number of phosphoric ester groups is 1. The largest absolute Gasteiger partial charge is 0.469 e. The summed E-state index contributed by atoms with van der Waals surface area (Å²) in [5, 5.41) is 2.48. The van der Waals surface area contributed by atoms with Crippen LogP contribution in [0, 0.1) is 11.8 Å². The van der Waals surface area contributed by atoms with E-state index < -0.39 is 52.7 Å². The van der Waals surface area contributed by atoms with Gasteiger partial charge in [0.1, 0.15) is 5.60 Å². The molecule has 37 heavy (non-hydrogen) atoms. The predicted octanol–water partition coefficient (Wildman–Crippen LogP) is 2.48. The molecule has 1 saturated heterocycles. The maximum atomic E-state index is 12.6. The molecule has 1 aliphatic rings. The van der Waals surface area contributed by atoms with Crippen LogP contribution in [0.2, 0.25) is 0 Å². The summed E-state index contributed by atoms with van der Waals surface area (Å²) in [4.78, 5) is 41.9. The molecule has 1 aliphatic heterocycles. The molecular weight excluding hydrogens is 525 g/mol. The number of sulfone groups is 1. The van der Waals surface area contributed by atoms with Crippen molar-refractivity contribution >= 4 is 29.5 Å². The molecule has 1 heterocycles. The van der Waals surface area contributed by atoms with Gasteiger partial charge in [-0.05, 0) is 24.3 Å². The Bertz CT molecular complexity index is 1040. The van der Waals surface area contributed by atoms with Gasteiger partial charge in [-0.3, -0.25) is 9.32 Å². The summed E-state index contributed by atoms with van der Waals surface area (Å²) in [6.07, 6.45) is 0.0934. The summed E-state index contributed by atoms with van der Waals surface area (Å²) in [6, 6.07) is 4.68. The zero-order valence-electron chi connectivity index (χ0n) is 22.1. The summed E-state index contributed by atoms with van der Waals surface area (Å²) < 4.78 is 48.1. The molecular formula is C24H38NO10PS. The van der Waals surface area contributed by atoms with Crippen molar-refractivity contribution in [2.45, 2.75) is 45.8 Å². The first kappa shape index (κ1) is 36.6. The average molecular weight is 564 g/mol. The predicted molar refractivity (Wildman–Crippen MR) is 142 cm³/mol. The maximum absolute atomic E-state index is 12.6. The van der Waals surface area contributed by atoms with E-state index in [9.17, 15) is 22.6 Å². The van der Waals surface area contributed by atoms with E-state index in [1.54, 1.807) is 12.1 Å². The number of benzene rings is 1. The summed E-state index contributed by atoms with van der Waals surface area (Å²) >= 11 is 0. The third-order valence-corrected chi connectivity index (χ3v) is 6.82. The third kappa shape index (κ3) is 12.5. The lowest BCUT2D eigenvalue weighted by molar-refractivity contribution is -0.150. The van der Waals surface area contributed by atoms with Crippen LogP contribution in [0.1, 0.15) is 50.0 Å². The van der Waals surface area contributed by atoms with Crippen LogP contribution < -0.4 is 5.32 Å². The van der Waals surface area contributed by atoms with Crippen LogP contribution in [0.15, 0.2) is 37.4 Å². The number of methoxy groups -OCH3 is 2. The lowest BCUT2D eigenvalue weighted by Crippen LogP contribution is -2.70. The van der Waals surface area contributed by atoms with Gasteiger partial charge in [-0.2, -0.15) is 0 Å². The van der Waals surface area contributed by atoms with Gasteiger partial charge in [-0.25, -0.2) is 17.8 Å². The van der Waals surface area contributed by atoms with Gasteiger partial charge in [0.15, 0.2) is 15.9 Å². The maximum Gasteiger partial charge on any atom is 0.469 e. The Balaban J connectivity index is 0. The monoisotopic (exact) mass is 563 g/mol. The average Bonchev–Trinajstić information content (AvgIpc) is 2.88. The van der Waals surface area contributed by atoms with Crippen molar-refractivity contribution in [1.82, 2.24) is 5.32 Å². The van der Waals surface area contributed by atoms with E-state index in [0.29, 0.717) is 5.56 Å². The second kappa shape index (κ2) is 17.9. The fourth-order valence-electron chi connectivity index (χ4n) is 2.93. The molecule has 1 fully saturated rings. The van der Waals surface area contributed by atoms with Crippen molar-refractivity contribution < 1.29 is 46.4 Å². The van der Waals surface area contributed by atoms with Crippen molar-refractivity contribution in [2.75, 3.05) is 32.3 Å². The van der Waals surface area contributed by atoms with E-state index in [2.05, 4.69) is 34.8 Å². The van der Waals surface area contributed by atoms with Crippen molar-refractivity contribution in [3.8, 4) is 11.8 Å². The number of carbonyl (C=O) groups excluding carboxylic acids is 2. The van der Waals surface area contributed by atoms with Gasteiger partial charge in [0.05, 0.1) is 25.2 Å². The zero-order valence-corrected chi connectivity index (χ0v) is 23.9. The molecule has 2 rings (SSSR count). The number of amides is 1. The molecule has 210 valence electrons. The standard InChI is InChI=1S/C18H22NO10PS.2C2H6.C2H4/c1-27-17(21)15(18(28-2)11-31(25,26)12-18)19-16(20)14-8-6-13(7-9-14)5-3-4-10-29-30(22,23)24;3*1-2/h6-9,15H,4,10-12H2,1-2H3,(H,19,20)(H2,22,23,24);2*1-2H3;1-2H2. The van der Waals surface area contributed by atoms with E-state index in [1.807, 2.05) is 27.7 Å². The van der Waals surface area contributed by atoms with Gasteiger partial charge in [-0.15, -0.1) is 13.2 Å². The van der Waals surface area contributed by atoms with E-state index in [4.69, 9.17) is 19.3 Å². The Hall–Kier alpha value is -2.52. The molecule has 1 unspecified atom stereocenters. The van der Waals surface area contributed by atoms with Crippen LogP contribution >= 0.6 is 7.82 Å². The highest BCUT2D eigenvalue weighted by Crippen LogP contribution is 2.35. The molecule has 1 amide bonds. The Morgan fingerprint density at radius 1 is 1.11 bits per heavy atom. The quantitative estimate of drug-likeness (QED) is 0.141. The van der Waals surface area contributed by atoms with Crippen molar-refractivity contribution in [3.05, 3.63) is 48.6 Å². The highest BCUT2D eigenvalue weighted by molar-refractivity contribution is 7.93. The SMILES string of the molecule is C=C.CC.CC.COC(=O)C(NC(=O)c1ccc(C#CCCOP(=O)(O)O)cc1)C1(OC)CS(=O)(=O)C1. The van der Waals surface area contributed by atoms with Crippen molar-refractivity contribution in [2.24, 2.45) is 0 Å². The molecule has 0 bridgehead atoms.